The third-order valence-electron chi connectivity index (χ3n) is 3.79. The Morgan fingerprint density at radius 2 is 2.53 bits per heavy atom. The molecule has 0 aliphatic carbocycles. The Labute approximate surface area is 114 Å². The van der Waals surface area contributed by atoms with Crippen LogP contribution >= 0.6 is 0 Å². The van der Waals surface area contributed by atoms with Crippen molar-refractivity contribution in [1.82, 2.24) is 15.1 Å². The van der Waals surface area contributed by atoms with E-state index >= 15 is 0 Å². The molecule has 0 saturated carbocycles. The van der Waals surface area contributed by atoms with Gasteiger partial charge < -0.3 is 10.6 Å². The van der Waals surface area contributed by atoms with E-state index in [1.165, 1.54) is 0 Å². The Morgan fingerprint density at radius 1 is 1.68 bits per heavy atom. The minimum absolute atomic E-state index is 0.187. The zero-order valence-corrected chi connectivity index (χ0v) is 11.6. The monoisotopic (exact) mass is 264 g/mol. The van der Waals surface area contributed by atoms with Crippen LogP contribution in [0.1, 0.15) is 50.6 Å². The lowest BCUT2D eigenvalue weighted by atomic mass is 9.94. The van der Waals surface area contributed by atoms with E-state index in [4.69, 9.17) is 5.73 Å². The molecule has 2 unspecified atom stereocenters. The minimum atomic E-state index is 0.187. The summed E-state index contributed by atoms with van der Waals surface area (Å²) < 4.78 is 0. The second kappa shape index (κ2) is 6.70. The molecule has 5 nitrogen and oxygen atoms in total. The molecule has 1 aliphatic heterocycles. The van der Waals surface area contributed by atoms with Crippen LogP contribution in [0.2, 0.25) is 0 Å². The summed E-state index contributed by atoms with van der Waals surface area (Å²) in [5.41, 5.74) is 6.85. The SMILES string of the molecule is CC(N)CCCC(=O)N1CCCC(c2ccn[nH]2)C1. The maximum atomic E-state index is 12.2. The highest BCUT2D eigenvalue weighted by molar-refractivity contribution is 5.76. The van der Waals surface area contributed by atoms with Crippen molar-refractivity contribution in [3.63, 3.8) is 0 Å². The lowest BCUT2D eigenvalue weighted by molar-refractivity contribution is -0.132. The summed E-state index contributed by atoms with van der Waals surface area (Å²) in [5, 5.41) is 7.01. The largest absolute Gasteiger partial charge is 0.342 e. The van der Waals surface area contributed by atoms with Crippen LogP contribution in [0.3, 0.4) is 0 Å². The fraction of sp³-hybridized carbons (Fsp3) is 0.714. The Morgan fingerprint density at radius 3 is 3.21 bits per heavy atom. The van der Waals surface area contributed by atoms with Crippen molar-refractivity contribution in [3.05, 3.63) is 18.0 Å². The molecule has 3 N–H and O–H groups in total. The van der Waals surface area contributed by atoms with Crippen molar-refractivity contribution in [1.29, 1.82) is 0 Å². The molecule has 2 rings (SSSR count). The first kappa shape index (κ1) is 14.1. The maximum absolute atomic E-state index is 12.2. The predicted octanol–water partition coefficient (Wildman–Crippen LogP) is 1.63. The predicted molar refractivity (Wildman–Crippen MR) is 74.6 cm³/mol. The van der Waals surface area contributed by atoms with Gasteiger partial charge in [0.25, 0.3) is 0 Å². The van der Waals surface area contributed by atoms with Crippen LogP contribution in [0.4, 0.5) is 0 Å². The number of carbonyl (C=O) groups is 1. The molecule has 1 fully saturated rings. The molecule has 5 heteroatoms. The summed E-state index contributed by atoms with van der Waals surface area (Å²) in [6.45, 7) is 3.69. The molecular weight excluding hydrogens is 240 g/mol. The van der Waals surface area contributed by atoms with Gasteiger partial charge in [0, 0.05) is 43.4 Å². The summed E-state index contributed by atoms with van der Waals surface area (Å²) in [4.78, 5) is 14.2. The van der Waals surface area contributed by atoms with E-state index in [1.807, 2.05) is 17.9 Å². The molecule has 2 atom stereocenters. The lowest BCUT2D eigenvalue weighted by Gasteiger charge is -2.32. The van der Waals surface area contributed by atoms with E-state index < -0.39 is 0 Å². The zero-order valence-electron chi connectivity index (χ0n) is 11.6. The molecule has 0 spiro atoms. The fourth-order valence-corrected chi connectivity index (χ4v) is 2.68. The van der Waals surface area contributed by atoms with E-state index in [2.05, 4.69) is 10.2 Å². The van der Waals surface area contributed by atoms with E-state index in [9.17, 15) is 4.79 Å². The highest BCUT2D eigenvalue weighted by Crippen LogP contribution is 2.25. The second-order valence-corrected chi connectivity index (χ2v) is 5.56. The van der Waals surface area contributed by atoms with Gasteiger partial charge in [0.2, 0.25) is 5.91 Å². The topological polar surface area (TPSA) is 75.0 Å². The molecule has 106 valence electrons. The maximum Gasteiger partial charge on any atom is 0.222 e. The molecule has 0 aromatic carbocycles. The van der Waals surface area contributed by atoms with Gasteiger partial charge in [-0.25, -0.2) is 0 Å². The third kappa shape index (κ3) is 4.06. The number of nitrogens with two attached hydrogens (primary N) is 1. The van der Waals surface area contributed by atoms with E-state index in [1.54, 1.807) is 6.20 Å². The summed E-state index contributed by atoms with van der Waals surface area (Å²) in [6, 6.07) is 2.20. The normalized spacial score (nSPS) is 21.4. The lowest BCUT2D eigenvalue weighted by Crippen LogP contribution is -2.39. The molecule has 1 saturated heterocycles. The van der Waals surface area contributed by atoms with Crippen molar-refractivity contribution in [2.75, 3.05) is 13.1 Å². The van der Waals surface area contributed by atoms with Crippen molar-refractivity contribution in [2.45, 2.75) is 51.0 Å². The molecule has 1 aromatic rings. The molecular formula is C14H24N4O. The third-order valence-corrected chi connectivity index (χ3v) is 3.79. The fourth-order valence-electron chi connectivity index (χ4n) is 2.68. The highest BCUT2D eigenvalue weighted by atomic mass is 16.2. The standard InChI is InChI=1S/C14H24N4O/c1-11(15)4-2-6-14(19)18-9-3-5-12(10-18)13-7-8-16-17-13/h7-8,11-12H,2-6,9-10,15H2,1H3,(H,16,17). The number of H-pyrrole nitrogens is 1. The highest BCUT2D eigenvalue weighted by Gasteiger charge is 2.25. The molecule has 0 radical (unpaired) electrons. The average Bonchev–Trinajstić information content (AvgIpc) is 2.92. The molecule has 0 bridgehead atoms. The number of aromatic amines is 1. The Kier molecular flexibility index (Phi) is 4.96. The number of nitrogens with one attached hydrogen (secondary N) is 1. The van der Waals surface area contributed by atoms with Crippen LogP contribution in [0.5, 0.6) is 0 Å². The van der Waals surface area contributed by atoms with Gasteiger partial charge in [0.15, 0.2) is 0 Å². The number of amides is 1. The van der Waals surface area contributed by atoms with Gasteiger partial charge in [-0.2, -0.15) is 5.10 Å². The van der Waals surface area contributed by atoms with Gasteiger partial charge in [-0.15, -0.1) is 0 Å². The van der Waals surface area contributed by atoms with Gasteiger partial charge in [0.1, 0.15) is 0 Å². The molecule has 19 heavy (non-hydrogen) atoms. The summed E-state index contributed by atoms with van der Waals surface area (Å²) >= 11 is 0. The van der Waals surface area contributed by atoms with Crippen molar-refractivity contribution in [3.8, 4) is 0 Å². The van der Waals surface area contributed by atoms with Crippen LogP contribution < -0.4 is 5.73 Å². The number of likely N-dealkylation sites (tertiary alicyclic amines) is 1. The van der Waals surface area contributed by atoms with Crippen LogP contribution in [0.25, 0.3) is 0 Å². The number of nitrogens with zero attached hydrogens (tertiary/aromatic N) is 2. The first-order valence-electron chi connectivity index (χ1n) is 7.19. The molecule has 2 heterocycles. The van der Waals surface area contributed by atoms with E-state index in [-0.39, 0.29) is 11.9 Å². The van der Waals surface area contributed by atoms with E-state index in [0.29, 0.717) is 12.3 Å². The first-order chi connectivity index (χ1) is 9.16. The molecule has 1 amide bonds. The Balaban J connectivity index is 1.82. The van der Waals surface area contributed by atoms with Crippen LogP contribution in [-0.4, -0.2) is 40.1 Å². The minimum Gasteiger partial charge on any atom is -0.342 e. The molecule has 1 aromatic heterocycles. The van der Waals surface area contributed by atoms with Gasteiger partial charge in [0.05, 0.1) is 0 Å². The summed E-state index contributed by atoms with van der Waals surface area (Å²) in [5.74, 6) is 0.679. The van der Waals surface area contributed by atoms with Crippen molar-refractivity contribution >= 4 is 5.91 Å². The van der Waals surface area contributed by atoms with E-state index in [0.717, 1.165) is 44.5 Å². The summed E-state index contributed by atoms with van der Waals surface area (Å²) in [6.07, 6.45) is 6.41. The number of rotatable bonds is 5. The Hall–Kier alpha value is -1.36. The van der Waals surface area contributed by atoms with Crippen LogP contribution in [0, 0.1) is 0 Å². The number of hydrogen-bond acceptors (Lipinski definition) is 3. The molecule has 1 aliphatic rings. The number of aromatic nitrogens is 2. The number of piperidine rings is 1. The van der Waals surface area contributed by atoms with Crippen LogP contribution in [-0.2, 0) is 4.79 Å². The number of hydrogen-bond donors (Lipinski definition) is 2. The smallest absolute Gasteiger partial charge is 0.222 e. The van der Waals surface area contributed by atoms with Gasteiger partial charge in [-0.1, -0.05) is 0 Å². The van der Waals surface area contributed by atoms with Gasteiger partial charge in [-0.3, -0.25) is 9.89 Å². The van der Waals surface area contributed by atoms with Crippen molar-refractivity contribution in [2.24, 2.45) is 5.73 Å². The average molecular weight is 264 g/mol. The van der Waals surface area contributed by atoms with Crippen LogP contribution in [0.15, 0.2) is 12.3 Å². The zero-order chi connectivity index (χ0) is 13.7. The second-order valence-electron chi connectivity index (χ2n) is 5.56. The van der Waals surface area contributed by atoms with Crippen molar-refractivity contribution < 1.29 is 4.79 Å². The summed E-state index contributed by atoms with van der Waals surface area (Å²) in [7, 11) is 0. The quantitative estimate of drug-likeness (QED) is 0.849. The first-order valence-corrected chi connectivity index (χ1v) is 7.19. The number of carbonyl (C=O) groups excluding carboxylic acids is 1. The Bertz CT molecular complexity index is 388. The van der Waals surface area contributed by atoms with Gasteiger partial charge in [-0.05, 0) is 38.7 Å². The van der Waals surface area contributed by atoms with Gasteiger partial charge >= 0.3 is 0 Å².